The summed E-state index contributed by atoms with van der Waals surface area (Å²) in [4.78, 5) is 60.9. The van der Waals surface area contributed by atoms with Crippen molar-refractivity contribution < 1.29 is 19.5 Å². The third-order valence-electron chi connectivity index (χ3n) is 3.79. The maximum Gasteiger partial charge on any atom is 0.329 e. The highest BCUT2D eigenvalue weighted by molar-refractivity contribution is 5.83. The van der Waals surface area contributed by atoms with Gasteiger partial charge in [0.2, 0.25) is 5.91 Å². The van der Waals surface area contributed by atoms with E-state index in [9.17, 15) is 29.1 Å². The number of fused-ring (bicyclic) bond motifs is 1. The van der Waals surface area contributed by atoms with Gasteiger partial charge < -0.3 is 26.5 Å². The first-order valence-electron chi connectivity index (χ1n) is 8.07. The van der Waals surface area contributed by atoms with E-state index in [1.165, 1.54) is 6.07 Å². The van der Waals surface area contributed by atoms with Crippen LogP contribution in [0.5, 0.6) is 0 Å². The van der Waals surface area contributed by atoms with Gasteiger partial charge >= 0.3 is 17.7 Å². The van der Waals surface area contributed by atoms with Gasteiger partial charge in [-0.3, -0.25) is 14.2 Å². The summed E-state index contributed by atoms with van der Waals surface area (Å²) in [6.07, 6.45) is 0.293. The average molecular weight is 377 g/mol. The Balaban J connectivity index is 2.08. The normalized spacial score (nSPS) is 11.7. The highest BCUT2D eigenvalue weighted by Crippen LogP contribution is 2.03. The van der Waals surface area contributed by atoms with Gasteiger partial charge in [-0.1, -0.05) is 12.1 Å². The van der Waals surface area contributed by atoms with Crippen LogP contribution in [0.1, 0.15) is 12.8 Å². The zero-order chi connectivity index (χ0) is 20.0. The number of aromatic amines is 1. The van der Waals surface area contributed by atoms with Crippen molar-refractivity contribution in [2.45, 2.75) is 25.4 Å². The van der Waals surface area contributed by atoms with Gasteiger partial charge in [-0.15, -0.1) is 0 Å². The van der Waals surface area contributed by atoms with E-state index < -0.39 is 41.7 Å². The molecule has 0 saturated heterocycles. The molecular formula is C16H19N5O6. The monoisotopic (exact) mass is 377 g/mol. The van der Waals surface area contributed by atoms with Crippen molar-refractivity contribution >= 4 is 28.8 Å². The molecule has 0 fully saturated rings. The number of H-pyrrole nitrogens is 1. The second kappa shape index (κ2) is 8.65. The minimum atomic E-state index is -1.28. The molecule has 0 radical (unpaired) electrons. The Kier molecular flexibility index (Phi) is 6.31. The molecule has 0 bridgehead atoms. The number of rotatable bonds is 8. The van der Waals surface area contributed by atoms with Crippen molar-refractivity contribution in [3.05, 3.63) is 45.1 Å². The molecule has 6 N–H and O–H groups in total. The first-order chi connectivity index (χ1) is 12.8. The number of hydrogen-bond acceptors (Lipinski definition) is 5. The standard InChI is InChI=1S/C16H19N5O6/c17-15(26)18-7-3-6-11(14(24)25)19-12(22)8-21-13(23)9-4-1-2-5-10(9)20-16(21)27/h1-2,4-5,11H,3,6-8H2,(H,19,22)(H,20,27)(H,24,25)(H3,17,18,26)/t11-/m0/s1. The van der Waals surface area contributed by atoms with Gasteiger partial charge in [0.05, 0.1) is 10.9 Å². The van der Waals surface area contributed by atoms with E-state index in [0.717, 1.165) is 0 Å². The second-order valence-electron chi connectivity index (χ2n) is 5.76. The molecule has 1 aromatic heterocycles. The zero-order valence-corrected chi connectivity index (χ0v) is 14.2. The number of urea groups is 1. The summed E-state index contributed by atoms with van der Waals surface area (Å²) in [5.74, 6) is -2.07. The summed E-state index contributed by atoms with van der Waals surface area (Å²) < 4.78 is 0.700. The molecule has 1 atom stereocenters. The Hall–Kier alpha value is -3.63. The molecule has 0 unspecified atom stereocenters. The molecule has 0 aliphatic heterocycles. The molecule has 144 valence electrons. The molecule has 27 heavy (non-hydrogen) atoms. The minimum absolute atomic E-state index is 0.0321. The van der Waals surface area contributed by atoms with E-state index in [2.05, 4.69) is 15.6 Å². The number of nitrogens with zero attached hydrogens (tertiary/aromatic N) is 1. The maximum atomic E-state index is 12.4. The van der Waals surface area contributed by atoms with Gasteiger partial charge in [0.1, 0.15) is 12.6 Å². The Bertz CT molecular complexity index is 979. The van der Waals surface area contributed by atoms with Crippen molar-refractivity contribution in [2.75, 3.05) is 6.54 Å². The maximum absolute atomic E-state index is 12.4. The number of hydrogen-bond donors (Lipinski definition) is 5. The fourth-order valence-corrected chi connectivity index (χ4v) is 2.50. The number of primary amides is 1. The molecule has 11 heteroatoms. The van der Waals surface area contributed by atoms with Crippen LogP contribution in [0, 0.1) is 0 Å². The lowest BCUT2D eigenvalue weighted by Gasteiger charge is -2.15. The number of carboxylic acids is 1. The summed E-state index contributed by atoms with van der Waals surface area (Å²) in [5.41, 5.74) is 3.82. The number of carbonyl (C=O) groups excluding carboxylic acids is 2. The van der Waals surface area contributed by atoms with E-state index in [1.807, 2.05) is 0 Å². The van der Waals surface area contributed by atoms with Crippen molar-refractivity contribution in [1.29, 1.82) is 0 Å². The molecule has 2 aromatic rings. The minimum Gasteiger partial charge on any atom is -0.480 e. The largest absolute Gasteiger partial charge is 0.480 e. The first kappa shape index (κ1) is 19.7. The lowest BCUT2D eigenvalue weighted by Crippen LogP contribution is -2.46. The van der Waals surface area contributed by atoms with Crippen LogP contribution < -0.4 is 27.6 Å². The van der Waals surface area contributed by atoms with Gasteiger partial charge in [-0.2, -0.15) is 0 Å². The Morgan fingerprint density at radius 2 is 1.93 bits per heavy atom. The van der Waals surface area contributed by atoms with Crippen molar-refractivity contribution in [1.82, 2.24) is 20.2 Å². The number of nitrogens with two attached hydrogens (primary N) is 1. The summed E-state index contributed by atoms with van der Waals surface area (Å²) in [6.45, 7) is -0.471. The van der Waals surface area contributed by atoms with E-state index >= 15 is 0 Å². The fraction of sp³-hybridized carbons (Fsp3) is 0.312. The van der Waals surface area contributed by atoms with Crippen molar-refractivity contribution in [3.8, 4) is 0 Å². The van der Waals surface area contributed by atoms with Crippen LogP contribution in [0.15, 0.2) is 33.9 Å². The van der Waals surface area contributed by atoms with E-state index in [1.54, 1.807) is 18.2 Å². The highest BCUT2D eigenvalue weighted by atomic mass is 16.4. The summed E-state index contributed by atoms with van der Waals surface area (Å²) in [5, 5.41) is 14.0. The van der Waals surface area contributed by atoms with Crippen LogP contribution in [0.3, 0.4) is 0 Å². The van der Waals surface area contributed by atoms with E-state index in [4.69, 9.17) is 5.73 Å². The lowest BCUT2D eigenvalue weighted by molar-refractivity contribution is -0.142. The third-order valence-corrected chi connectivity index (χ3v) is 3.79. The average Bonchev–Trinajstić information content (AvgIpc) is 2.60. The number of nitrogens with one attached hydrogen (secondary N) is 3. The number of aromatic nitrogens is 2. The molecule has 0 aliphatic carbocycles. The fourth-order valence-electron chi connectivity index (χ4n) is 2.50. The highest BCUT2D eigenvalue weighted by Gasteiger charge is 2.20. The van der Waals surface area contributed by atoms with Crippen LogP contribution in [0.25, 0.3) is 10.9 Å². The number of carboxylic acid groups (broad SMARTS) is 1. The van der Waals surface area contributed by atoms with Gasteiger partial charge in [0.25, 0.3) is 5.56 Å². The number of carbonyl (C=O) groups is 3. The molecule has 0 spiro atoms. The third kappa shape index (κ3) is 5.17. The lowest BCUT2D eigenvalue weighted by atomic mass is 10.1. The predicted molar refractivity (Wildman–Crippen MR) is 95.2 cm³/mol. The van der Waals surface area contributed by atoms with E-state index in [0.29, 0.717) is 10.1 Å². The van der Waals surface area contributed by atoms with Gasteiger partial charge in [-0.25, -0.2) is 14.4 Å². The molecular weight excluding hydrogens is 358 g/mol. The summed E-state index contributed by atoms with van der Waals surface area (Å²) >= 11 is 0. The summed E-state index contributed by atoms with van der Waals surface area (Å²) in [7, 11) is 0. The molecule has 3 amide bonds. The predicted octanol–water partition coefficient (Wildman–Crippen LogP) is -1.29. The second-order valence-corrected chi connectivity index (χ2v) is 5.76. The number of para-hydroxylation sites is 1. The zero-order valence-electron chi connectivity index (χ0n) is 14.2. The van der Waals surface area contributed by atoms with Crippen LogP contribution in [0.4, 0.5) is 4.79 Å². The number of aliphatic carboxylic acids is 1. The van der Waals surface area contributed by atoms with Crippen LogP contribution in [0.2, 0.25) is 0 Å². The Morgan fingerprint density at radius 3 is 2.59 bits per heavy atom. The SMILES string of the molecule is NC(=O)NCCC[C@H](NC(=O)Cn1c(=O)[nH]c2ccccc2c1=O)C(=O)O. The first-order valence-corrected chi connectivity index (χ1v) is 8.07. The van der Waals surface area contributed by atoms with Crippen LogP contribution >= 0.6 is 0 Å². The van der Waals surface area contributed by atoms with Crippen molar-refractivity contribution in [3.63, 3.8) is 0 Å². The van der Waals surface area contributed by atoms with Gasteiger partial charge in [0, 0.05) is 6.54 Å². The number of benzene rings is 1. The van der Waals surface area contributed by atoms with Gasteiger partial charge in [0.15, 0.2) is 0 Å². The molecule has 11 nitrogen and oxygen atoms in total. The topological polar surface area (TPSA) is 176 Å². The van der Waals surface area contributed by atoms with Crippen LogP contribution in [-0.2, 0) is 16.1 Å². The Morgan fingerprint density at radius 1 is 1.22 bits per heavy atom. The van der Waals surface area contributed by atoms with Crippen molar-refractivity contribution in [2.24, 2.45) is 5.73 Å². The molecule has 0 saturated carbocycles. The molecule has 1 heterocycles. The smallest absolute Gasteiger partial charge is 0.329 e. The molecule has 0 aliphatic rings. The summed E-state index contributed by atoms with van der Waals surface area (Å²) in [6, 6.07) is 4.37. The van der Waals surface area contributed by atoms with E-state index in [-0.39, 0.29) is 24.8 Å². The van der Waals surface area contributed by atoms with Gasteiger partial charge in [-0.05, 0) is 25.0 Å². The quantitative estimate of drug-likeness (QED) is 0.357. The van der Waals surface area contributed by atoms with Crippen LogP contribution in [-0.4, -0.2) is 45.2 Å². The number of amides is 3. The Labute approximate surface area is 152 Å². The molecule has 1 aromatic carbocycles. The molecule has 2 rings (SSSR count).